The summed E-state index contributed by atoms with van der Waals surface area (Å²) >= 11 is 5.88. The monoisotopic (exact) mass is 372 g/mol. The Bertz CT molecular complexity index is 783. The molecule has 0 aliphatic carbocycles. The van der Waals surface area contributed by atoms with Gasteiger partial charge in [0.2, 0.25) is 0 Å². The molecule has 0 heterocycles. The van der Waals surface area contributed by atoms with E-state index in [0.717, 1.165) is 11.1 Å². The number of phenolic OH excluding ortho intramolecular Hbond substituents is 1. The maximum Gasteiger partial charge on any atom is 0.161 e. The molecule has 2 atom stereocenters. The van der Waals surface area contributed by atoms with Crippen molar-refractivity contribution in [3.63, 3.8) is 0 Å². The van der Waals surface area contributed by atoms with Crippen molar-refractivity contribution in [1.82, 2.24) is 0 Å². The van der Waals surface area contributed by atoms with Crippen LogP contribution in [0.25, 0.3) is 12.2 Å². The molecule has 0 saturated heterocycles. The Balaban J connectivity index is 1.99. The summed E-state index contributed by atoms with van der Waals surface area (Å²) in [5.74, 6) is 0.531. The minimum Gasteiger partial charge on any atom is -0.504 e. The molecule has 0 amide bonds. The number of hydrogen-bond acceptors (Lipinski definition) is 4. The molecule has 0 aliphatic heterocycles. The van der Waals surface area contributed by atoms with Gasteiger partial charge in [0.1, 0.15) is 0 Å². The van der Waals surface area contributed by atoms with Crippen LogP contribution < -0.4 is 16.2 Å². The molecule has 5 N–H and O–H groups in total. The van der Waals surface area contributed by atoms with Crippen LogP contribution in [0.1, 0.15) is 24.5 Å². The van der Waals surface area contributed by atoms with Crippen molar-refractivity contribution in [2.75, 3.05) is 7.11 Å². The average Bonchev–Trinajstić information content (AvgIpc) is 2.60. The van der Waals surface area contributed by atoms with Crippen LogP contribution in [-0.2, 0) is 0 Å². The number of methoxy groups -OCH3 is 1. The fourth-order valence-corrected chi connectivity index (χ4v) is 2.66. The Morgan fingerprint density at radius 3 is 2.46 bits per heavy atom. The Labute approximate surface area is 159 Å². The van der Waals surface area contributed by atoms with Gasteiger partial charge in [-0.05, 0) is 48.7 Å². The molecule has 2 rings (SSSR count). The molecule has 0 aliphatic rings. The second-order valence-electron chi connectivity index (χ2n) is 6.55. The molecule has 0 bridgehead atoms. The molecule has 0 radical (unpaired) electrons. The van der Waals surface area contributed by atoms with E-state index in [9.17, 15) is 5.11 Å². The highest BCUT2D eigenvalue weighted by atomic mass is 35.5. The number of ether oxygens (including phenoxy) is 1. The largest absolute Gasteiger partial charge is 0.504 e. The molecule has 5 heteroatoms. The van der Waals surface area contributed by atoms with Gasteiger partial charge in [-0.3, -0.25) is 0 Å². The first-order valence-electron chi connectivity index (χ1n) is 8.33. The standard InChI is InChI=1S/C21H25ClN2O2/c1-21(24,12-11-16-6-10-19(25)20(13-16)26-2)14-18(23)9-5-15-3-7-17(22)8-4-15/h3-13,18,25H,14,23-24H2,1-2H3/b9-5+,12-11+/t18?,21-/m1/s1. The van der Waals surface area contributed by atoms with Crippen molar-refractivity contribution in [2.24, 2.45) is 11.5 Å². The molecule has 2 aromatic carbocycles. The highest BCUT2D eigenvalue weighted by molar-refractivity contribution is 6.30. The van der Waals surface area contributed by atoms with Gasteiger partial charge in [0.15, 0.2) is 11.5 Å². The molecule has 1 unspecified atom stereocenters. The van der Waals surface area contributed by atoms with Gasteiger partial charge in [-0.15, -0.1) is 0 Å². The lowest BCUT2D eigenvalue weighted by molar-refractivity contribution is 0.373. The lowest BCUT2D eigenvalue weighted by Gasteiger charge is -2.23. The van der Waals surface area contributed by atoms with Crippen LogP contribution in [0, 0.1) is 0 Å². The van der Waals surface area contributed by atoms with E-state index in [0.29, 0.717) is 17.2 Å². The van der Waals surface area contributed by atoms with Crippen molar-refractivity contribution in [1.29, 1.82) is 0 Å². The third kappa shape index (κ3) is 6.23. The van der Waals surface area contributed by atoms with Gasteiger partial charge in [-0.1, -0.05) is 54.1 Å². The summed E-state index contributed by atoms with van der Waals surface area (Å²) < 4.78 is 5.11. The highest BCUT2D eigenvalue weighted by Gasteiger charge is 2.17. The third-order valence-electron chi connectivity index (χ3n) is 3.94. The third-order valence-corrected chi connectivity index (χ3v) is 4.19. The van der Waals surface area contributed by atoms with Crippen LogP contribution in [0.3, 0.4) is 0 Å². The molecule has 138 valence electrons. The van der Waals surface area contributed by atoms with E-state index >= 15 is 0 Å². The lowest BCUT2D eigenvalue weighted by atomic mass is 9.92. The van der Waals surface area contributed by atoms with Gasteiger partial charge in [-0.2, -0.15) is 0 Å². The van der Waals surface area contributed by atoms with Crippen LogP contribution >= 0.6 is 11.6 Å². The summed E-state index contributed by atoms with van der Waals surface area (Å²) in [5.41, 5.74) is 13.9. The number of hydrogen-bond donors (Lipinski definition) is 3. The summed E-state index contributed by atoms with van der Waals surface area (Å²) in [6.07, 6.45) is 8.30. The fourth-order valence-electron chi connectivity index (χ4n) is 2.54. The van der Waals surface area contributed by atoms with Crippen molar-refractivity contribution < 1.29 is 9.84 Å². The lowest BCUT2D eigenvalue weighted by Crippen LogP contribution is -2.39. The predicted molar refractivity (Wildman–Crippen MR) is 109 cm³/mol. The molecule has 0 spiro atoms. The zero-order valence-electron chi connectivity index (χ0n) is 15.0. The summed E-state index contributed by atoms with van der Waals surface area (Å²) in [4.78, 5) is 0. The van der Waals surface area contributed by atoms with E-state index in [1.165, 1.54) is 7.11 Å². The van der Waals surface area contributed by atoms with Crippen molar-refractivity contribution in [2.45, 2.75) is 24.9 Å². The Morgan fingerprint density at radius 2 is 1.81 bits per heavy atom. The Kier molecular flexibility index (Phi) is 6.86. The molecule has 2 aromatic rings. The van der Waals surface area contributed by atoms with Gasteiger partial charge in [0, 0.05) is 16.6 Å². The maximum absolute atomic E-state index is 9.64. The predicted octanol–water partition coefficient (Wildman–Crippen LogP) is 4.22. The minimum absolute atomic E-state index is 0.106. The van der Waals surface area contributed by atoms with Crippen molar-refractivity contribution in [3.05, 3.63) is 70.8 Å². The van der Waals surface area contributed by atoms with E-state index in [1.54, 1.807) is 18.2 Å². The van der Waals surface area contributed by atoms with E-state index in [4.69, 9.17) is 27.8 Å². The van der Waals surface area contributed by atoms with Crippen LogP contribution in [0.15, 0.2) is 54.6 Å². The molecule has 0 fully saturated rings. The first kappa shape index (κ1) is 20.0. The zero-order chi connectivity index (χ0) is 19.2. The first-order valence-corrected chi connectivity index (χ1v) is 8.71. The summed E-state index contributed by atoms with van der Waals surface area (Å²) in [6, 6.07) is 12.5. The molecule has 0 aromatic heterocycles. The summed E-state index contributed by atoms with van der Waals surface area (Å²) in [6.45, 7) is 1.93. The normalized spacial score (nSPS) is 15.3. The first-order chi connectivity index (χ1) is 12.3. The van der Waals surface area contributed by atoms with Crippen LogP contribution in [0.4, 0.5) is 0 Å². The number of aromatic hydroxyl groups is 1. The van der Waals surface area contributed by atoms with Gasteiger partial charge < -0.3 is 21.3 Å². The topological polar surface area (TPSA) is 81.5 Å². The van der Waals surface area contributed by atoms with E-state index in [2.05, 4.69) is 0 Å². The van der Waals surface area contributed by atoms with Crippen LogP contribution in [0.2, 0.25) is 5.02 Å². The second-order valence-corrected chi connectivity index (χ2v) is 6.99. The van der Waals surface area contributed by atoms with Gasteiger partial charge in [-0.25, -0.2) is 0 Å². The van der Waals surface area contributed by atoms with Crippen LogP contribution in [0.5, 0.6) is 11.5 Å². The molecule has 4 nitrogen and oxygen atoms in total. The van der Waals surface area contributed by atoms with E-state index < -0.39 is 5.54 Å². The highest BCUT2D eigenvalue weighted by Crippen LogP contribution is 2.27. The van der Waals surface area contributed by atoms with Gasteiger partial charge in [0.25, 0.3) is 0 Å². The molecular weight excluding hydrogens is 348 g/mol. The van der Waals surface area contributed by atoms with Gasteiger partial charge >= 0.3 is 0 Å². The molecule has 0 saturated carbocycles. The van der Waals surface area contributed by atoms with Crippen LogP contribution in [-0.4, -0.2) is 23.8 Å². The fraction of sp³-hybridized carbons (Fsp3) is 0.238. The molecule has 26 heavy (non-hydrogen) atoms. The minimum atomic E-state index is -0.575. The van der Waals surface area contributed by atoms with E-state index in [1.807, 2.05) is 55.5 Å². The number of rotatable bonds is 7. The average molecular weight is 373 g/mol. The smallest absolute Gasteiger partial charge is 0.161 e. The number of halogens is 1. The Hall–Kier alpha value is -2.27. The number of nitrogens with two attached hydrogens (primary N) is 2. The quantitative estimate of drug-likeness (QED) is 0.679. The van der Waals surface area contributed by atoms with Crippen molar-refractivity contribution >= 4 is 23.8 Å². The SMILES string of the molecule is COc1cc(/C=C/[C@@](C)(N)CC(N)/C=C/c2ccc(Cl)cc2)ccc1O. The Morgan fingerprint density at radius 1 is 1.15 bits per heavy atom. The van der Waals surface area contributed by atoms with Crippen molar-refractivity contribution in [3.8, 4) is 11.5 Å². The van der Waals surface area contributed by atoms with E-state index in [-0.39, 0.29) is 11.8 Å². The number of phenols is 1. The zero-order valence-corrected chi connectivity index (χ0v) is 15.8. The van der Waals surface area contributed by atoms with Gasteiger partial charge in [0.05, 0.1) is 7.11 Å². The molecular formula is C21H25ClN2O2. The summed E-state index contributed by atoms with van der Waals surface area (Å²) in [5, 5.41) is 10.4. The second kappa shape index (κ2) is 8.90. The number of benzene rings is 2. The summed E-state index contributed by atoms with van der Waals surface area (Å²) in [7, 11) is 1.52. The maximum atomic E-state index is 9.64.